The third-order valence-corrected chi connectivity index (χ3v) is 2.28. The van der Waals surface area contributed by atoms with Crippen LogP contribution in [0.2, 0.25) is 0 Å². The molecule has 0 saturated carbocycles. The highest BCUT2D eigenvalue weighted by atomic mass is 19.2. The van der Waals surface area contributed by atoms with Crippen molar-refractivity contribution in [3.8, 4) is 0 Å². The molecule has 0 spiro atoms. The first-order valence-corrected chi connectivity index (χ1v) is 4.85. The van der Waals surface area contributed by atoms with E-state index in [1.54, 1.807) is 6.07 Å². The van der Waals surface area contributed by atoms with Crippen LogP contribution in [0.1, 0.15) is 30.9 Å². The molecule has 15 heavy (non-hydrogen) atoms. The van der Waals surface area contributed by atoms with E-state index in [0.29, 0.717) is 5.56 Å². The Labute approximate surface area is 88.0 Å². The monoisotopic (exact) mass is 215 g/mol. The average Bonchev–Trinajstić information content (AvgIpc) is 2.19. The lowest BCUT2D eigenvalue weighted by Gasteiger charge is -2.10. The molecule has 4 heteroatoms. The summed E-state index contributed by atoms with van der Waals surface area (Å²) in [6.07, 6.45) is 0.278. The summed E-state index contributed by atoms with van der Waals surface area (Å²) < 4.78 is 26.5. The van der Waals surface area contributed by atoms with E-state index in [9.17, 15) is 8.78 Å². The Morgan fingerprint density at radius 3 is 2.53 bits per heavy atom. The molecule has 2 N–H and O–H groups in total. The first-order chi connectivity index (χ1) is 7.06. The number of rotatable bonds is 4. The van der Waals surface area contributed by atoms with Crippen molar-refractivity contribution in [2.24, 2.45) is 5.90 Å². The summed E-state index contributed by atoms with van der Waals surface area (Å²) in [5.41, 5.74) is 1.09. The van der Waals surface area contributed by atoms with Crippen LogP contribution in [-0.2, 0) is 11.3 Å². The highest BCUT2D eigenvalue weighted by Gasteiger charge is 2.12. The molecule has 0 bridgehead atoms. The molecular weight excluding hydrogens is 200 g/mol. The average molecular weight is 215 g/mol. The van der Waals surface area contributed by atoms with E-state index in [1.165, 1.54) is 6.07 Å². The molecule has 0 aliphatic carbocycles. The smallest absolute Gasteiger partial charge is 0.162 e. The molecular formula is C11H15F2NO. The van der Waals surface area contributed by atoms with Crippen LogP contribution < -0.4 is 5.90 Å². The molecule has 0 amide bonds. The molecule has 84 valence electrons. The van der Waals surface area contributed by atoms with Gasteiger partial charge in [0.25, 0.3) is 0 Å². The molecule has 0 saturated heterocycles. The Kier molecular flexibility index (Phi) is 4.17. The maximum Gasteiger partial charge on any atom is 0.162 e. The Bertz CT molecular complexity index is 340. The fraction of sp³-hybridized carbons (Fsp3) is 0.455. The number of benzene rings is 1. The summed E-state index contributed by atoms with van der Waals surface area (Å²) in [7, 11) is 0. The van der Waals surface area contributed by atoms with Gasteiger partial charge >= 0.3 is 0 Å². The molecule has 1 rings (SSSR count). The second-order valence-electron chi connectivity index (χ2n) is 3.75. The van der Waals surface area contributed by atoms with Crippen LogP contribution in [0.15, 0.2) is 12.1 Å². The maximum absolute atomic E-state index is 13.3. The first-order valence-electron chi connectivity index (χ1n) is 4.85. The predicted molar refractivity (Wildman–Crippen MR) is 54.3 cm³/mol. The van der Waals surface area contributed by atoms with Gasteiger partial charge < -0.3 is 4.84 Å². The van der Waals surface area contributed by atoms with Crippen molar-refractivity contribution in [3.63, 3.8) is 0 Å². The zero-order chi connectivity index (χ0) is 11.4. The zero-order valence-corrected chi connectivity index (χ0v) is 8.89. The fourth-order valence-electron chi connectivity index (χ4n) is 1.35. The SMILES string of the molecule is CC(C)c1cc(F)c(F)c(CCON)c1. The fourth-order valence-corrected chi connectivity index (χ4v) is 1.35. The largest absolute Gasteiger partial charge is 0.304 e. The molecule has 0 aliphatic heterocycles. The molecule has 0 aromatic heterocycles. The third-order valence-electron chi connectivity index (χ3n) is 2.28. The molecule has 0 atom stereocenters. The molecule has 0 heterocycles. The van der Waals surface area contributed by atoms with Crippen LogP contribution in [0, 0.1) is 11.6 Å². The number of halogens is 2. The molecule has 0 unspecified atom stereocenters. The van der Waals surface area contributed by atoms with Crippen LogP contribution in [0.4, 0.5) is 8.78 Å². The van der Waals surface area contributed by atoms with Gasteiger partial charge in [0.2, 0.25) is 0 Å². The van der Waals surface area contributed by atoms with Gasteiger partial charge in [-0.2, -0.15) is 0 Å². The molecule has 0 radical (unpaired) electrons. The summed E-state index contributed by atoms with van der Waals surface area (Å²) in [4.78, 5) is 4.35. The summed E-state index contributed by atoms with van der Waals surface area (Å²) in [5.74, 6) is 3.39. The van der Waals surface area contributed by atoms with Gasteiger partial charge in [-0.05, 0) is 23.1 Å². The van der Waals surface area contributed by atoms with E-state index in [0.717, 1.165) is 5.56 Å². The van der Waals surface area contributed by atoms with E-state index in [2.05, 4.69) is 4.84 Å². The lowest BCUT2D eigenvalue weighted by Crippen LogP contribution is -2.07. The molecule has 0 fully saturated rings. The van der Waals surface area contributed by atoms with Gasteiger partial charge in [-0.1, -0.05) is 19.9 Å². The molecule has 1 aromatic rings. The lowest BCUT2D eigenvalue weighted by molar-refractivity contribution is 0.140. The minimum Gasteiger partial charge on any atom is -0.304 e. The third kappa shape index (κ3) is 2.97. The van der Waals surface area contributed by atoms with E-state index in [-0.39, 0.29) is 18.9 Å². The van der Waals surface area contributed by atoms with Crippen LogP contribution in [-0.4, -0.2) is 6.61 Å². The summed E-state index contributed by atoms with van der Waals surface area (Å²) in [6.45, 7) is 4.03. The summed E-state index contributed by atoms with van der Waals surface area (Å²) in [5, 5.41) is 0. The Balaban J connectivity index is 3.02. The van der Waals surface area contributed by atoms with Crippen molar-refractivity contribution in [2.45, 2.75) is 26.2 Å². The van der Waals surface area contributed by atoms with Crippen molar-refractivity contribution in [3.05, 3.63) is 34.9 Å². The number of hydrogen-bond donors (Lipinski definition) is 1. The second-order valence-corrected chi connectivity index (χ2v) is 3.75. The van der Waals surface area contributed by atoms with Crippen molar-refractivity contribution in [1.82, 2.24) is 0 Å². The van der Waals surface area contributed by atoms with Gasteiger partial charge in [-0.15, -0.1) is 0 Å². The Hall–Kier alpha value is -1.00. The minimum atomic E-state index is -0.812. The van der Waals surface area contributed by atoms with Crippen LogP contribution in [0.3, 0.4) is 0 Å². The quantitative estimate of drug-likeness (QED) is 0.783. The standard InChI is InChI=1S/C11H15F2NO/c1-7(2)9-5-8(3-4-15-14)11(13)10(12)6-9/h5-7H,3-4,14H2,1-2H3. The second kappa shape index (κ2) is 5.19. The van der Waals surface area contributed by atoms with E-state index < -0.39 is 11.6 Å². The van der Waals surface area contributed by atoms with E-state index >= 15 is 0 Å². The first kappa shape index (κ1) is 12.1. The predicted octanol–water partition coefficient (Wildman–Crippen LogP) is 2.52. The van der Waals surface area contributed by atoms with Gasteiger partial charge in [-0.3, -0.25) is 0 Å². The van der Waals surface area contributed by atoms with Gasteiger partial charge in [0.05, 0.1) is 6.61 Å². The van der Waals surface area contributed by atoms with Crippen molar-refractivity contribution in [1.29, 1.82) is 0 Å². The minimum absolute atomic E-state index is 0.164. The number of nitrogens with two attached hydrogens (primary N) is 1. The van der Waals surface area contributed by atoms with Crippen LogP contribution in [0.5, 0.6) is 0 Å². The molecule has 1 aromatic carbocycles. The number of hydrogen-bond acceptors (Lipinski definition) is 2. The Morgan fingerprint density at radius 2 is 2.00 bits per heavy atom. The van der Waals surface area contributed by atoms with E-state index in [4.69, 9.17) is 5.90 Å². The topological polar surface area (TPSA) is 35.2 Å². The van der Waals surface area contributed by atoms with Gasteiger partial charge in [-0.25, -0.2) is 14.7 Å². The lowest BCUT2D eigenvalue weighted by atomic mass is 9.99. The maximum atomic E-state index is 13.3. The van der Waals surface area contributed by atoms with Gasteiger partial charge in [0.15, 0.2) is 11.6 Å². The highest BCUT2D eigenvalue weighted by Crippen LogP contribution is 2.21. The van der Waals surface area contributed by atoms with Crippen molar-refractivity contribution >= 4 is 0 Å². The highest BCUT2D eigenvalue weighted by molar-refractivity contribution is 5.28. The summed E-state index contributed by atoms with van der Waals surface area (Å²) in [6, 6.07) is 2.88. The van der Waals surface area contributed by atoms with Crippen LogP contribution in [0.25, 0.3) is 0 Å². The van der Waals surface area contributed by atoms with E-state index in [1.807, 2.05) is 13.8 Å². The van der Waals surface area contributed by atoms with Gasteiger partial charge in [0, 0.05) is 6.42 Å². The van der Waals surface area contributed by atoms with Gasteiger partial charge in [0.1, 0.15) is 0 Å². The molecule has 0 aliphatic rings. The Morgan fingerprint density at radius 1 is 1.33 bits per heavy atom. The zero-order valence-electron chi connectivity index (χ0n) is 8.89. The summed E-state index contributed by atoms with van der Waals surface area (Å²) >= 11 is 0. The molecule has 2 nitrogen and oxygen atoms in total. The normalized spacial score (nSPS) is 11.1. The van der Waals surface area contributed by atoms with Crippen molar-refractivity contribution in [2.75, 3.05) is 6.61 Å². The van der Waals surface area contributed by atoms with Crippen molar-refractivity contribution < 1.29 is 13.6 Å². The van der Waals surface area contributed by atoms with Crippen LogP contribution >= 0.6 is 0 Å².